The lowest BCUT2D eigenvalue weighted by Crippen LogP contribution is -2.16. The first-order valence-electron chi connectivity index (χ1n) is 5.40. The standard InChI is InChI=1S/C12H9N3O5/c13-12(16)20-10-4-2-9(3-5-10)19-11-6-1-8(7-14-11)15(17)18/h1-7H,(H2,13,16). The molecule has 0 radical (unpaired) electrons. The van der Waals surface area contributed by atoms with Crippen LogP contribution < -0.4 is 15.2 Å². The monoisotopic (exact) mass is 275 g/mol. The molecular formula is C12H9N3O5. The Morgan fingerprint density at radius 3 is 2.30 bits per heavy atom. The van der Waals surface area contributed by atoms with Gasteiger partial charge in [-0.15, -0.1) is 0 Å². The van der Waals surface area contributed by atoms with Crippen molar-refractivity contribution in [2.75, 3.05) is 0 Å². The van der Waals surface area contributed by atoms with Gasteiger partial charge < -0.3 is 15.2 Å². The lowest BCUT2D eigenvalue weighted by atomic mass is 10.3. The zero-order chi connectivity index (χ0) is 14.5. The maximum atomic E-state index is 10.5. The zero-order valence-corrected chi connectivity index (χ0v) is 10.1. The highest BCUT2D eigenvalue weighted by Gasteiger charge is 2.06. The molecular weight excluding hydrogens is 266 g/mol. The molecule has 0 unspecified atom stereocenters. The van der Waals surface area contributed by atoms with Crippen molar-refractivity contribution < 1.29 is 19.2 Å². The molecule has 1 aromatic heterocycles. The maximum absolute atomic E-state index is 10.5. The normalized spacial score (nSPS) is 9.80. The Hall–Kier alpha value is -3.16. The third kappa shape index (κ3) is 3.42. The molecule has 8 heteroatoms. The summed E-state index contributed by atoms with van der Waals surface area (Å²) < 4.78 is 10.0. The summed E-state index contributed by atoms with van der Waals surface area (Å²) in [5.41, 5.74) is 4.74. The second-order valence-corrected chi connectivity index (χ2v) is 3.61. The Labute approximate surface area is 112 Å². The van der Waals surface area contributed by atoms with Gasteiger partial charge in [-0.1, -0.05) is 0 Å². The first-order chi connectivity index (χ1) is 9.54. The van der Waals surface area contributed by atoms with Gasteiger partial charge >= 0.3 is 6.09 Å². The molecule has 0 fully saturated rings. The molecule has 0 spiro atoms. The number of hydrogen-bond acceptors (Lipinski definition) is 6. The molecule has 2 N–H and O–H groups in total. The molecule has 1 amide bonds. The van der Waals surface area contributed by atoms with E-state index in [1.54, 1.807) is 12.1 Å². The number of benzene rings is 1. The number of nitrogens with zero attached hydrogens (tertiary/aromatic N) is 2. The fourth-order valence-electron chi connectivity index (χ4n) is 1.35. The van der Waals surface area contributed by atoms with Gasteiger partial charge in [-0.05, 0) is 24.3 Å². The summed E-state index contributed by atoms with van der Waals surface area (Å²) in [4.78, 5) is 24.3. The highest BCUT2D eigenvalue weighted by atomic mass is 16.6. The van der Waals surface area contributed by atoms with E-state index in [1.165, 1.54) is 24.3 Å². The first kappa shape index (κ1) is 13.3. The van der Waals surface area contributed by atoms with Crippen molar-refractivity contribution >= 4 is 11.8 Å². The highest BCUT2D eigenvalue weighted by molar-refractivity contribution is 5.68. The van der Waals surface area contributed by atoms with E-state index in [-0.39, 0.29) is 17.3 Å². The number of carbonyl (C=O) groups excluding carboxylic acids is 1. The van der Waals surface area contributed by atoms with Crippen LogP contribution in [0.25, 0.3) is 0 Å². The van der Waals surface area contributed by atoms with E-state index in [4.69, 9.17) is 10.5 Å². The van der Waals surface area contributed by atoms with E-state index in [2.05, 4.69) is 9.72 Å². The van der Waals surface area contributed by atoms with E-state index in [1.807, 2.05) is 0 Å². The fraction of sp³-hybridized carbons (Fsp3) is 0. The van der Waals surface area contributed by atoms with Crippen LogP contribution >= 0.6 is 0 Å². The molecule has 0 saturated carbocycles. The van der Waals surface area contributed by atoms with Crippen LogP contribution in [0.1, 0.15) is 0 Å². The van der Waals surface area contributed by atoms with Crippen molar-refractivity contribution in [3.63, 3.8) is 0 Å². The molecule has 102 valence electrons. The molecule has 1 heterocycles. The lowest BCUT2D eigenvalue weighted by molar-refractivity contribution is -0.385. The number of amides is 1. The molecule has 1 aromatic carbocycles. The molecule has 2 aromatic rings. The number of primary amides is 1. The largest absolute Gasteiger partial charge is 0.439 e. The molecule has 0 bridgehead atoms. The summed E-state index contributed by atoms with van der Waals surface area (Å²) in [6.07, 6.45) is 0.190. The van der Waals surface area contributed by atoms with Gasteiger partial charge in [0.2, 0.25) is 5.88 Å². The molecule has 8 nitrogen and oxygen atoms in total. The van der Waals surface area contributed by atoms with Gasteiger partial charge in [0.15, 0.2) is 0 Å². The molecule has 20 heavy (non-hydrogen) atoms. The van der Waals surface area contributed by atoms with E-state index < -0.39 is 11.0 Å². The van der Waals surface area contributed by atoms with Crippen LogP contribution in [0.3, 0.4) is 0 Å². The summed E-state index contributed by atoms with van der Waals surface area (Å²) in [5, 5.41) is 10.5. The summed E-state index contributed by atoms with van der Waals surface area (Å²) in [5.74, 6) is 0.920. The predicted molar refractivity (Wildman–Crippen MR) is 67.6 cm³/mol. The van der Waals surface area contributed by atoms with Crippen LogP contribution in [-0.2, 0) is 0 Å². The molecule has 2 rings (SSSR count). The van der Waals surface area contributed by atoms with Crippen LogP contribution in [0.15, 0.2) is 42.6 Å². The van der Waals surface area contributed by atoms with E-state index >= 15 is 0 Å². The van der Waals surface area contributed by atoms with Crippen LogP contribution in [0, 0.1) is 10.1 Å². The number of carbonyl (C=O) groups is 1. The second kappa shape index (κ2) is 5.65. The van der Waals surface area contributed by atoms with Crippen LogP contribution in [-0.4, -0.2) is 16.0 Å². The van der Waals surface area contributed by atoms with Crippen molar-refractivity contribution in [1.82, 2.24) is 4.98 Å². The Bertz CT molecular complexity index is 625. The lowest BCUT2D eigenvalue weighted by Gasteiger charge is -2.05. The van der Waals surface area contributed by atoms with E-state index in [0.717, 1.165) is 6.20 Å². The Morgan fingerprint density at radius 1 is 1.15 bits per heavy atom. The number of hydrogen-bond donors (Lipinski definition) is 1. The summed E-state index contributed by atoms with van der Waals surface area (Å²) >= 11 is 0. The number of nitrogens with two attached hydrogens (primary N) is 1. The van der Waals surface area contributed by atoms with Crippen molar-refractivity contribution in [3.05, 3.63) is 52.7 Å². The molecule has 0 aliphatic heterocycles. The van der Waals surface area contributed by atoms with Gasteiger partial charge in [-0.2, -0.15) is 0 Å². The van der Waals surface area contributed by atoms with Crippen LogP contribution in [0.5, 0.6) is 17.4 Å². The Balaban J connectivity index is 2.06. The van der Waals surface area contributed by atoms with Crippen LogP contribution in [0.2, 0.25) is 0 Å². The molecule has 0 aliphatic rings. The minimum atomic E-state index is -0.907. The van der Waals surface area contributed by atoms with E-state index in [0.29, 0.717) is 5.75 Å². The zero-order valence-electron chi connectivity index (χ0n) is 10.1. The number of pyridine rings is 1. The minimum Gasteiger partial charge on any atom is -0.439 e. The second-order valence-electron chi connectivity index (χ2n) is 3.61. The van der Waals surface area contributed by atoms with Gasteiger partial charge in [0.1, 0.15) is 17.7 Å². The van der Waals surface area contributed by atoms with Gasteiger partial charge in [0, 0.05) is 12.1 Å². The molecule has 0 saturated heterocycles. The summed E-state index contributed by atoms with van der Waals surface area (Å²) in [7, 11) is 0. The average Bonchev–Trinajstić information content (AvgIpc) is 2.41. The highest BCUT2D eigenvalue weighted by Crippen LogP contribution is 2.23. The van der Waals surface area contributed by atoms with Crippen molar-refractivity contribution in [1.29, 1.82) is 0 Å². The topological polar surface area (TPSA) is 118 Å². The number of rotatable bonds is 4. The number of aromatic nitrogens is 1. The molecule has 0 aliphatic carbocycles. The van der Waals surface area contributed by atoms with Crippen molar-refractivity contribution in [3.8, 4) is 17.4 Å². The summed E-state index contributed by atoms with van der Waals surface area (Å²) in [6.45, 7) is 0. The smallest absolute Gasteiger partial charge is 0.409 e. The van der Waals surface area contributed by atoms with Crippen molar-refractivity contribution in [2.24, 2.45) is 5.73 Å². The minimum absolute atomic E-state index is 0.123. The van der Waals surface area contributed by atoms with Gasteiger partial charge in [-0.3, -0.25) is 10.1 Å². The fourth-order valence-corrected chi connectivity index (χ4v) is 1.35. The quantitative estimate of drug-likeness (QED) is 0.675. The number of nitro groups is 1. The van der Waals surface area contributed by atoms with Gasteiger partial charge in [0.25, 0.3) is 5.69 Å². The third-order valence-electron chi connectivity index (χ3n) is 2.20. The van der Waals surface area contributed by atoms with Crippen LogP contribution in [0.4, 0.5) is 10.5 Å². The van der Waals surface area contributed by atoms with Gasteiger partial charge in [0.05, 0.1) is 4.92 Å². The number of ether oxygens (including phenoxy) is 2. The SMILES string of the molecule is NC(=O)Oc1ccc(Oc2ccc([N+](=O)[O-])cn2)cc1. The first-order valence-corrected chi connectivity index (χ1v) is 5.40. The summed E-state index contributed by atoms with van der Waals surface area (Å²) in [6, 6.07) is 8.73. The van der Waals surface area contributed by atoms with Crippen molar-refractivity contribution in [2.45, 2.75) is 0 Å². The third-order valence-corrected chi connectivity index (χ3v) is 2.20. The molecule has 0 atom stereocenters. The predicted octanol–water partition coefficient (Wildman–Crippen LogP) is 2.24. The maximum Gasteiger partial charge on any atom is 0.409 e. The average molecular weight is 275 g/mol. The Kier molecular flexibility index (Phi) is 3.75. The van der Waals surface area contributed by atoms with Gasteiger partial charge in [-0.25, -0.2) is 9.78 Å². The Morgan fingerprint density at radius 2 is 1.80 bits per heavy atom. The van der Waals surface area contributed by atoms with E-state index in [9.17, 15) is 14.9 Å².